The summed E-state index contributed by atoms with van der Waals surface area (Å²) in [5, 5.41) is 14.5. The second-order valence-electron chi connectivity index (χ2n) is 7.64. The Kier molecular flexibility index (Phi) is 5.14. The number of aromatic nitrogens is 3. The number of hydrogen-bond acceptors (Lipinski definition) is 5. The van der Waals surface area contributed by atoms with Crippen LogP contribution in [0.15, 0.2) is 72.8 Å². The summed E-state index contributed by atoms with van der Waals surface area (Å²) in [5.41, 5.74) is 4.16. The van der Waals surface area contributed by atoms with Crippen LogP contribution in [-0.4, -0.2) is 35.1 Å². The van der Waals surface area contributed by atoms with Gasteiger partial charge in [-0.1, -0.05) is 42.5 Å². The van der Waals surface area contributed by atoms with Crippen LogP contribution in [0.5, 0.6) is 11.5 Å². The van der Waals surface area contributed by atoms with E-state index in [4.69, 9.17) is 9.47 Å². The van der Waals surface area contributed by atoms with E-state index < -0.39 is 0 Å². The van der Waals surface area contributed by atoms with E-state index in [2.05, 4.69) is 33.7 Å². The topological polar surface area (TPSA) is 78.3 Å². The minimum atomic E-state index is -0.326. The van der Waals surface area contributed by atoms with Gasteiger partial charge in [-0.25, -0.2) is 0 Å². The van der Waals surface area contributed by atoms with Crippen molar-refractivity contribution in [3.05, 3.63) is 83.9 Å². The third kappa shape index (κ3) is 3.63. The van der Waals surface area contributed by atoms with Gasteiger partial charge in [-0.15, -0.1) is 15.0 Å². The van der Waals surface area contributed by atoms with Gasteiger partial charge in [0.15, 0.2) is 0 Å². The van der Waals surface area contributed by atoms with Crippen molar-refractivity contribution in [1.29, 1.82) is 0 Å². The third-order valence-corrected chi connectivity index (χ3v) is 5.61. The average Bonchev–Trinajstić information content (AvgIpc) is 3.25. The van der Waals surface area contributed by atoms with Crippen LogP contribution in [0, 0.1) is 6.92 Å². The molecule has 1 heterocycles. The van der Waals surface area contributed by atoms with Crippen LogP contribution in [0.25, 0.3) is 27.5 Å². The van der Waals surface area contributed by atoms with Crippen molar-refractivity contribution in [1.82, 2.24) is 15.0 Å². The first-order chi connectivity index (χ1) is 16.1. The van der Waals surface area contributed by atoms with Gasteiger partial charge < -0.3 is 14.8 Å². The monoisotopic (exact) mass is 438 g/mol. The average molecular weight is 438 g/mol. The molecule has 1 amide bonds. The lowest BCUT2D eigenvalue weighted by Gasteiger charge is -2.14. The molecule has 33 heavy (non-hydrogen) atoms. The van der Waals surface area contributed by atoms with E-state index in [1.54, 1.807) is 23.0 Å². The van der Waals surface area contributed by atoms with E-state index in [0.717, 1.165) is 27.5 Å². The zero-order valence-corrected chi connectivity index (χ0v) is 18.5. The van der Waals surface area contributed by atoms with Crippen LogP contribution in [0.4, 0.5) is 5.69 Å². The van der Waals surface area contributed by atoms with Crippen LogP contribution in [0.3, 0.4) is 0 Å². The van der Waals surface area contributed by atoms with Crippen LogP contribution in [0.1, 0.15) is 15.9 Å². The lowest BCUT2D eigenvalue weighted by atomic mass is 10.1. The molecule has 0 aliphatic rings. The molecule has 0 radical (unpaired) electrons. The van der Waals surface area contributed by atoms with Gasteiger partial charge in [-0.05, 0) is 48.2 Å². The molecular weight excluding hydrogens is 416 g/mol. The standard InChI is InChI=1S/C26H22N4O3/c1-16-14-20-21(29-30(28-20)22-11-6-9-17-8-4-5-10-18(17)22)15-19(16)27-26(31)25-23(32-2)12-7-13-24(25)33-3/h4-15H,1-3H3,(H,27,31). The molecule has 7 heteroatoms. The highest BCUT2D eigenvalue weighted by Gasteiger charge is 2.20. The van der Waals surface area contributed by atoms with Crippen molar-refractivity contribution >= 4 is 33.4 Å². The molecule has 164 valence electrons. The molecule has 0 fully saturated rings. The van der Waals surface area contributed by atoms with Crippen molar-refractivity contribution in [3.8, 4) is 17.2 Å². The Morgan fingerprint density at radius 2 is 1.48 bits per heavy atom. The lowest BCUT2D eigenvalue weighted by Crippen LogP contribution is -2.15. The van der Waals surface area contributed by atoms with E-state index in [1.165, 1.54) is 14.2 Å². The molecule has 0 bridgehead atoms. The predicted molar refractivity (Wildman–Crippen MR) is 129 cm³/mol. The summed E-state index contributed by atoms with van der Waals surface area (Å²) in [5.74, 6) is 0.549. The number of fused-ring (bicyclic) bond motifs is 2. The molecule has 0 aliphatic heterocycles. The second-order valence-corrected chi connectivity index (χ2v) is 7.64. The van der Waals surface area contributed by atoms with E-state index in [1.807, 2.05) is 43.3 Å². The van der Waals surface area contributed by atoms with E-state index in [0.29, 0.717) is 28.3 Å². The number of nitrogens with one attached hydrogen (secondary N) is 1. The van der Waals surface area contributed by atoms with Crippen molar-refractivity contribution < 1.29 is 14.3 Å². The first-order valence-electron chi connectivity index (χ1n) is 10.5. The fraction of sp³-hybridized carbons (Fsp3) is 0.115. The number of amides is 1. The maximum absolute atomic E-state index is 13.1. The molecule has 5 rings (SSSR count). The smallest absolute Gasteiger partial charge is 0.263 e. The fourth-order valence-corrected chi connectivity index (χ4v) is 3.95. The SMILES string of the molecule is COc1cccc(OC)c1C(=O)Nc1cc2nn(-c3cccc4ccccc34)nc2cc1C. The molecule has 1 N–H and O–H groups in total. The Hall–Kier alpha value is -4.39. The molecule has 0 saturated carbocycles. The van der Waals surface area contributed by atoms with Crippen LogP contribution < -0.4 is 14.8 Å². The van der Waals surface area contributed by atoms with Crippen LogP contribution in [-0.2, 0) is 0 Å². The first kappa shape index (κ1) is 20.5. The van der Waals surface area contributed by atoms with Gasteiger partial charge in [-0.3, -0.25) is 4.79 Å². The normalized spacial score (nSPS) is 11.0. The van der Waals surface area contributed by atoms with Crippen molar-refractivity contribution in [3.63, 3.8) is 0 Å². The summed E-state index contributed by atoms with van der Waals surface area (Å²) in [6.45, 7) is 1.92. The number of carbonyl (C=O) groups is 1. The number of hydrogen-bond donors (Lipinski definition) is 1. The summed E-state index contributed by atoms with van der Waals surface area (Å²) in [6, 6.07) is 23.1. The predicted octanol–water partition coefficient (Wildman–Crippen LogP) is 5.15. The molecule has 5 aromatic rings. The molecule has 0 atom stereocenters. The highest BCUT2D eigenvalue weighted by atomic mass is 16.5. The molecule has 1 aromatic heterocycles. The summed E-state index contributed by atoms with van der Waals surface area (Å²) < 4.78 is 10.7. The number of methoxy groups -OCH3 is 2. The Labute approximate surface area is 190 Å². The van der Waals surface area contributed by atoms with E-state index >= 15 is 0 Å². The molecule has 0 aliphatic carbocycles. The number of aryl methyl sites for hydroxylation is 1. The zero-order chi connectivity index (χ0) is 22.9. The number of anilines is 1. The Bertz CT molecular complexity index is 1480. The Balaban J connectivity index is 1.54. The summed E-state index contributed by atoms with van der Waals surface area (Å²) in [6.07, 6.45) is 0. The molecule has 7 nitrogen and oxygen atoms in total. The highest BCUT2D eigenvalue weighted by Crippen LogP contribution is 2.30. The Morgan fingerprint density at radius 1 is 0.848 bits per heavy atom. The van der Waals surface area contributed by atoms with Gasteiger partial charge in [0.1, 0.15) is 28.1 Å². The molecule has 0 unspecified atom stereocenters. The van der Waals surface area contributed by atoms with Crippen molar-refractivity contribution in [2.45, 2.75) is 6.92 Å². The summed E-state index contributed by atoms with van der Waals surface area (Å²) in [7, 11) is 3.04. The van der Waals surface area contributed by atoms with Crippen molar-refractivity contribution in [2.75, 3.05) is 19.5 Å². The van der Waals surface area contributed by atoms with Crippen molar-refractivity contribution in [2.24, 2.45) is 0 Å². The van der Waals surface area contributed by atoms with Gasteiger partial charge in [0.25, 0.3) is 5.91 Å². The van der Waals surface area contributed by atoms with Crippen LogP contribution in [0.2, 0.25) is 0 Å². The second kappa shape index (κ2) is 8.27. The molecule has 0 spiro atoms. The quantitative estimate of drug-likeness (QED) is 0.411. The van der Waals surface area contributed by atoms with E-state index in [9.17, 15) is 4.79 Å². The summed E-state index contributed by atoms with van der Waals surface area (Å²) in [4.78, 5) is 14.8. The molecular formula is C26H22N4O3. The summed E-state index contributed by atoms with van der Waals surface area (Å²) >= 11 is 0. The number of rotatable bonds is 5. The van der Waals surface area contributed by atoms with Gasteiger partial charge in [0.2, 0.25) is 0 Å². The maximum atomic E-state index is 13.1. The van der Waals surface area contributed by atoms with E-state index in [-0.39, 0.29) is 5.91 Å². The van der Waals surface area contributed by atoms with Crippen LogP contribution >= 0.6 is 0 Å². The maximum Gasteiger partial charge on any atom is 0.263 e. The highest BCUT2D eigenvalue weighted by molar-refractivity contribution is 6.09. The minimum absolute atomic E-state index is 0.326. The minimum Gasteiger partial charge on any atom is -0.496 e. The molecule has 4 aromatic carbocycles. The van der Waals surface area contributed by atoms with Gasteiger partial charge in [-0.2, -0.15) is 0 Å². The first-order valence-corrected chi connectivity index (χ1v) is 10.5. The van der Waals surface area contributed by atoms with Gasteiger partial charge >= 0.3 is 0 Å². The number of carbonyl (C=O) groups excluding carboxylic acids is 1. The number of ether oxygens (including phenoxy) is 2. The third-order valence-electron chi connectivity index (χ3n) is 5.61. The Morgan fingerprint density at radius 3 is 2.21 bits per heavy atom. The largest absolute Gasteiger partial charge is 0.496 e. The number of benzene rings is 4. The van der Waals surface area contributed by atoms with Gasteiger partial charge in [0, 0.05) is 11.1 Å². The number of nitrogens with zero attached hydrogens (tertiary/aromatic N) is 3. The fourth-order valence-electron chi connectivity index (χ4n) is 3.95. The van der Waals surface area contributed by atoms with Gasteiger partial charge in [0.05, 0.1) is 19.9 Å². The molecule has 0 saturated heterocycles. The lowest BCUT2D eigenvalue weighted by molar-refractivity contribution is 0.102. The zero-order valence-electron chi connectivity index (χ0n) is 18.5.